The largest absolute Gasteiger partial charge is 0.476 e. The highest BCUT2D eigenvalue weighted by atomic mass is 35.5. The summed E-state index contributed by atoms with van der Waals surface area (Å²) >= 11 is 8.78. The molecule has 172 valence electrons. The summed E-state index contributed by atoms with van der Waals surface area (Å²) in [5.74, 6) is 0.372. The number of aryl methyl sites for hydroxylation is 1. The van der Waals surface area contributed by atoms with Crippen LogP contribution in [0, 0.1) is 6.92 Å². The molecule has 1 atom stereocenters. The van der Waals surface area contributed by atoms with Crippen LogP contribution in [0.25, 0.3) is 0 Å². The molecular weight excluding hydrogens is 504 g/mol. The zero-order valence-electron chi connectivity index (χ0n) is 17.4. The second-order valence-electron chi connectivity index (χ2n) is 7.03. The van der Waals surface area contributed by atoms with Crippen LogP contribution in [-0.2, 0) is 14.8 Å². The Hall–Kier alpha value is -2.60. The van der Waals surface area contributed by atoms with Gasteiger partial charge in [0.05, 0.1) is 17.1 Å². The third-order valence-electron chi connectivity index (χ3n) is 4.65. The van der Waals surface area contributed by atoms with E-state index in [9.17, 15) is 13.2 Å². The molecule has 1 aliphatic heterocycles. The maximum Gasteiger partial charge on any atom is 0.269 e. The number of carbonyl (C=O) groups excluding carboxylic acids is 1. The van der Waals surface area contributed by atoms with E-state index < -0.39 is 22.0 Å². The Morgan fingerprint density at radius 2 is 2.09 bits per heavy atom. The number of thioether (sulfide) groups is 1. The number of hydrogen-bond donors (Lipinski definition) is 1. The topological polar surface area (TPSA) is 101 Å². The van der Waals surface area contributed by atoms with Crippen molar-refractivity contribution in [2.45, 2.75) is 22.3 Å². The van der Waals surface area contributed by atoms with Crippen LogP contribution in [0.5, 0.6) is 5.75 Å². The first-order valence-corrected chi connectivity index (χ1v) is 13.3. The van der Waals surface area contributed by atoms with Crippen molar-refractivity contribution >= 4 is 61.4 Å². The molecule has 4 rings (SSSR count). The Morgan fingerprint density at radius 1 is 1.33 bits per heavy atom. The van der Waals surface area contributed by atoms with Crippen molar-refractivity contribution in [2.75, 3.05) is 21.9 Å². The van der Waals surface area contributed by atoms with Crippen molar-refractivity contribution in [2.24, 2.45) is 0 Å². The lowest BCUT2D eigenvalue weighted by Gasteiger charge is -2.34. The predicted molar refractivity (Wildman–Crippen MR) is 131 cm³/mol. The normalized spacial score (nSPS) is 15.5. The quantitative estimate of drug-likeness (QED) is 0.279. The lowest BCUT2D eigenvalue weighted by Crippen LogP contribution is -2.48. The fourth-order valence-corrected chi connectivity index (χ4v) is 6.21. The Labute approximate surface area is 204 Å². The molecule has 0 radical (unpaired) electrons. The molecule has 2 heterocycles. The van der Waals surface area contributed by atoms with E-state index in [1.807, 2.05) is 6.92 Å². The van der Waals surface area contributed by atoms with Crippen molar-refractivity contribution in [3.63, 3.8) is 0 Å². The van der Waals surface area contributed by atoms with Gasteiger partial charge in [-0.2, -0.15) is 0 Å². The van der Waals surface area contributed by atoms with Gasteiger partial charge in [0.1, 0.15) is 5.75 Å². The van der Waals surface area contributed by atoms with E-state index in [1.54, 1.807) is 30.3 Å². The fourth-order valence-electron chi connectivity index (χ4n) is 3.06. The van der Waals surface area contributed by atoms with Gasteiger partial charge in [0.15, 0.2) is 10.4 Å². The molecular formula is C21H19ClN4O4S3. The van der Waals surface area contributed by atoms with E-state index in [-0.39, 0.29) is 22.9 Å². The number of sulfonamides is 1. The summed E-state index contributed by atoms with van der Waals surface area (Å²) in [4.78, 5) is 13.1. The monoisotopic (exact) mass is 522 g/mol. The summed E-state index contributed by atoms with van der Waals surface area (Å²) < 4.78 is 34.6. The number of aromatic nitrogens is 2. The molecule has 1 N–H and O–H groups in total. The molecule has 0 aliphatic carbocycles. The van der Waals surface area contributed by atoms with Crippen LogP contribution in [0.2, 0.25) is 5.02 Å². The van der Waals surface area contributed by atoms with Crippen molar-refractivity contribution < 1.29 is 17.9 Å². The van der Waals surface area contributed by atoms with Gasteiger partial charge in [0.2, 0.25) is 5.13 Å². The number of halogens is 1. The predicted octanol–water partition coefficient (Wildman–Crippen LogP) is 4.37. The van der Waals surface area contributed by atoms with E-state index in [0.29, 0.717) is 20.2 Å². The maximum atomic E-state index is 13.5. The van der Waals surface area contributed by atoms with Gasteiger partial charge in [-0.1, -0.05) is 58.5 Å². The van der Waals surface area contributed by atoms with Gasteiger partial charge in [-0.3, -0.25) is 14.4 Å². The third kappa shape index (κ3) is 5.16. The number of ether oxygens (including phenoxy) is 1. The fraction of sp³-hybridized carbons (Fsp3) is 0.190. The first-order valence-electron chi connectivity index (χ1n) is 9.71. The molecule has 2 aromatic carbocycles. The molecule has 1 aromatic heterocycles. The van der Waals surface area contributed by atoms with Gasteiger partial charge in [-0.05, 0) is 37.3 Å². The van der Waals surface area contributed by atoms with Crippen molar-refractivity contribution in [1.82, 2.24) is 10.2 Å². The van der Waals surface area contributed by atoms with Crippen molar-refractivity contribution in [1.29, 1.82) is 0 Å². The van der Waals surface area contributed by atoms with Gasteiger partial charge in [0.25, 0.3) is 15.9 Å². The summed E-state index contributed by atoms with van der Waals surface area (Å²) in [7, 11) is -3.98. The first-order chi connectivity index (χ1) is 15.8. The molecule has 0 fully saturated rings. The number of fused-ring (bicyclic) bond motifs is 1. The summed E-state index contributed by atoms with van der Waals surface area (Å²) in [6, 6.07) is 11.1. The highest BCUT2D eigenvalue weighted by molar-refractivity contribution is 8.01. The molecule has 0 bridgehead atoms. The number of rotatable bonds is 7. The van der Waals surface area contributed by atoms with Crippen LogP contribution in [0.3, 0.4) is 0 Å². The van der Waals surface area contributed by atoms with E-state index >= 15 is 0 Å². The van der Waals surface area contributed by atoms with E-state index in [1.165, 1.54) is 41.3 Å². The summed E-state index contributed by atoms with van der Waals surface area (Å²) in [6.45, 7) is 5.30. The molecule has 0 saturated heterocycles. The number of benzene rings is 2. The van der Waals surface area contributed by atoms with E-state index in [4.69, 9.17) is 16.3 Å². The lowest BCUT2D eigenvalue weighted by atomic mass is 10.2. The van der Waals surface area contributed by atoms with Crippen LogP contribution in [0.15, 0.2) is 64.4 Å². The van der Waals surface area contributed by atoms with E-state index in [2.05, 4.69) is 22.1 Å². The highest BCUT2D eigenvalue weighted by Crippen LogP contribution is 2.39. The number of nitrogens with one attached hydrogen (secondary N) is 1. The third-order valence-corrected chi connectivity index (χ3v) is 8.65. The van der Waals surface area contributed by atoms with Crippen molar-refractivity contribution in [3.8, 4) is 5.75 Å². The van der Waals surface area contributed by atoms with Gasteiger partial charge in [-0.25, -0.2) is 8.42 Å². The van der Waals surface area contributed by atoms with Gasteiger partial charge >= 0.3 is 0 Å². The molecule has 0 saturated carbocycles. The Bertz CT molecular complexity index is 1300. The molecule has 12 heteroatoms. The second kappa shape index (κ2) is 9.72. The molecule has 1 aliphatic rings. The number of anilines is 2. The summed E-state index contributed by atoms with van der Waals surface area (Å²) in [6.07, 6.45) is 0.638. The summed E-state index contributed by atoms with van der Waals surface area (Å²) in [5, 5.41) is 11.3. The molecule has 0 spiro atoms. The minimum absolute atomic E-state index is 0.105. The SMILES string of the molecule is C=CCSc1nnc(NC(=O)[C@@H]2CN(S(=O)(=O)c3ccc(C)cc3)c3cc(Cl)ccc3O2)s1. The van der Waals surface area contributed by atoms with Gasteiger partial charge in [0, 0.05) is 10.8 Å². The van der Waals surface area contributed by atoms with Crippen molar-refractivity contribution in [3.05, 3.63) is 65.7 Å². The Balaban J connectivity index is 1.62. The average Bonchev–Trinajstić information content (AvgIpc) is 3.24. The van der Waals surface area contributed by atoms with Crippen LogP contribution < -0.4 is 14.4 Å². The minimum atomic E-state index is -3.98. The molecule has 0 unspecified atom stereocenters. The maximum absolute atomic E-state index is 13.5. The smallest absolute Gasteiger partial charge is 0.269 e. The van der Waals surface area contributed by atoms with Crippen LogP contribution in [-0.4, -0.2) is 42.9 Å². The average molecular weight is 523 g/mol. The minimum Gasteiger partial charge on any atom is -0.476 e. The molecule has 8 nitrogen and oxygen atoms in total. The first kappa shape index (κ1) is 23.6. The molecule has 1 amide bonds. The number of amides is 1. The number of carbonyl (C=O) groups is 1. The lowest BCUT2D eigenvalue weighted by molar-refractivity contribution is -0.122. The number of hydrogen-bond acceptors (Lipinski definition) is 8. The Morgan fingerprint density at radius 3 is 2.82 bits per heavy atom. The van der Waals surface area contributed by atoms with Gasteiger partial charge in [-0.15, -0.1) is 16.8 Å². The van der Waals surface area contributed by atoms with E-state index in [0.717, 1.165) is 9.87 Å². The van der Waals surface area contributed by atoms with Crippen LogP contribution >= 0.6 is 34.7 Å². The molecule has 3 aromatic rings. The highest BCUT2D eigenvalue weighted by Gasteiger charge is 2.38. The zero-order valence-corrected chi connectivity index (χ0v) is 20.6. The van der Waals surface area contributed by atoms with Crippen LogP contribution in [0.1, 0.15) is 5.56 Å². The van der Waals surface area contributed by atoms with Gasteiger partial charge < -0.3 is 4.74 Å². The molecule has 33 heavy (non-hydrogen) atoms. The standard InChI is InChI=1S/C21H19ClN4O4S3/c1-3-10-31-21-25-24-20(32-21)23-19(27)18-12-26(16-11-14(22)6-9-17(16)30-18)33(28,29)15-7-4-13(2)5-8-15/h3-9,11,18H,1,10,12H2,2H3,(H,23,24,27)/t18-/m0/s1. The Kier molecular flexibility index (Phi) is 6.94. The number of nitrogens with zero attached hydrogens (tertiary/aromatic N) is 3. The zero-order chi connectivity index (χ0) is 23.6. The summed E-state index contributed by atoms with van der Waals surface area (Å²) in [5.41, 5.74) is 1.20. The second-order valence-corrected chi connectivity index (χ2v) is 11.6. The van der Waals surface area contributed by atoms with Crippen LogP contribution in [0.4, 0.5) is 10.8 Å².